The highest BCUT2D eigenvalue weighted by molar-refractivity contribution is 5.28. The quantitative estimate of drug-likeness (QED) is 0.887. The van der Waals surface area contributed by atoms with Gasteiger partial charge in [0.2, 0.25) is 5.89 Å². The Labute approximate surface area is 130 Å². The van der Waals surface area contributed by atoms with E-state index in [1.165, 1.54) is 25.7 Å². The third kappa shape index (κ3) is 3.85. The Kier molecular flexibility index (Phi) is 4.73. The first-order valence-corrected chi connectivity index (χ1v) is 7.98. The zero-order chi connectivity index (χ0) is 15.4. The van der Waals surface area contributed by atoms with Crippen molar-refractivity contribution in [2.45, 2.75) is 45.1 Å². The Morgan fingerprint density at radius 2 is 2.00 bits per heavy atom. The highest BCUT2D eigenvalue weighted by atomic mass is 16.5. The topological polar surface area (TPSA) is 74.2 Å². The number of rotatable bonds is 6. The van der Waals surface area contributed by atoms with E-state index in [-0.39, 0.29) is 6.04 Å². The Bertz CT molecular complexity index is 588. The number of benzene rings is 1. The van der Waals surface area contributed by atoms with Crippen molar-refractivity contribution < 1.29 is 9.26 Å². The summed E-state index contributed by atoms with van der Waals surface area (Å²) in [4.78, 5) is 4.17. The van der Waals surface area contributed by atoms with Crippen LogP contribution in [0.3, 0.4) is 0 Å². The third-order valence-corrected chi connectivity index (χ3v) is 4.20. The van der Waals surface area contributed by atoms with Gasteiger partial charge in [0.15, 0.2) is 5.82 Å². The van der Waals surface area contributed by atoms with E-state index in [0.29, 0.717) is 18.1 Å². The molecule has 1 aliphatic carbocycles. The van der Waals surface area contributed by atoms with Gasteiger partial charge in [-0.2, -0.15) is 4.98 Å². The van der Waals surface area contributed by atoms with Gasteiger partial charge in [-0.1, -0.05) is 30.1 Å². The van der Waals surface area contributed by atoms with Crippen LogP contribution < -0.4 is 10.5 Å². The second-order valence-corrected chi connectivity index (χ2v) is 6.10. The standard InChI is InChI=1S/C17H23N3O2/c1-12-19-17(22-20-12)16(18)10-13-6-8-15(9-7-13)21-11-14-4-2-3-5-14/h6-9,14,16H,2-5,10-11,18H2,1H3. The number of aromatic nitrogens is 2. The van der Waals surface area contributed by atoms with Crippen molar-refractivity contribution >= 4 is 0 Å². The smallest absolute Gasteiger partial charge is 0.243 e. The molecule has 118 valence electrons. The molecule has 0 amide bonds. The fourth-order valence-electron chi connectivity index (χ4n) is 2.92. The largest absolute Gasteiger partial charge is 0.493 e. The molecular weight excluding hydrogens is 278 g/mol. The zero-order valence-corrected chi connectivity index (χ0v) is 13.0. The molecule has 0 spiro atoms. The molecular formula is C17H23N3O2. The molecule has 1 aromatic heterocycles. The van der Waals surface area contributed by atoms with Crippen molar-refractivity contribution in [2.75, 3.05) is 6.61 Å². The SMILES string of the molecule is Cc1noc(C(N)Cc2ccc(OCC3CCCC3)cc2)n1. The van der Waals surface area contributed by atoms with E-state index >= 15 is 0 Å². The van der Waals surface area contributed by atoms with E-state index in [1.54, 1.807) is 6.92 Å². The van der Waals surface area contributed by atoms with Crippen LogP contribution in [0.5, 0.6) is 5.75 Å². The summed E-state index contributed by atoms with van der Waals surface area (Å²) >= 11 is 0. The van der Waals surface area contributed by atoms with E-state index in [4.69, 9.17) is 15.0 Å². The summed E-state index contributed by atoms with van der Waals surface area (Å²) in [7, 11) is 0. The fourth-order valence-corrected chi connectivity index (χ4v) is 2.92. The minimum atomic E-state index is -0.272. The molecule has 1 heterocycles. The van der Waals surface area contributed by atoms with Gasteiger partial charge in [0.05, 0.1) is 12.6 Å². The van der Waals surface area contributed by atoms with Gasteiger partial charge in [-0.3, -0.25) is 0 Å². The summed E-state index contributed by atoms with van der Waals surface area (Å²) < 4.78 is 11.0. The fraction of sp³-hybridized carbons (Fsp3) is 0.529. The van der Waals surface area contributed by atoms with Crippen molar-refractivity contribution in [1.29, 1.82) is 0 Å². The van der Waals surface area contributed by atoms with Crippen LogP contribution in [0.1, 0.15) is 49.0 Å². The zero-order valence-electron chi connectivity index (χ0n) is 13.0. The molecule has 1 unspecified atom stereocenters. The molecule has 0 aliphatic heterocycles. The van der Waals surface area contributed by atoms with Gasteiger partial charge in [-0.25, -0.2) is 0 Å². The second kappa shape index (κ2) is 6.92. The molecule has 2 aromatic rings. The normalized spacial score (nSPS) is 16.8. The minimum Gasteiger partial charge on any atom is -0.493 e. The minimum absolute atomic E-state index is 0.272. The first-order chi connectivity index (χ1) is 10.7. The predicted octanol–water partition coefficient (Wildman–Crippen LogP) is 3.19. The molecule has 1 fully saturated rings. The maximum absolute atomic E-state index is 6.09. The van der Waals surface area contributed by atoms with Crippen molar-refractivity contribution in [3.8, 4) is 5.75 Å². The molecule has 5 heteroatoms. The Morgan fingerprint density at radius 3 is 2.64 bits per heavy atom. The van der Waals surface area contributed by atoms with E-state index in [1.807, 2.05) is 24.3 Å². The van der Waals surface area contributed by atoms with Gasteiger partial charge in [0.25, 0.3) is 0 Å². The molecule has 0 radical (unpaired) electrons. The maximum Gasteiger partial charge on any atom is 0.243 e. The van der Waals surface area contributed by atoms with Crippen LogP contribution in [0.4, 0.5) is 0 Å². The van der Waals surface area contributed by atoms with E-state index in [2.05, 4.69) is 10.1 Å². The van der Waals surface area contributed by atoms with Crippen molar-refractivity contribution in [1.82, 2.24) is 10.1 Å². The molecule has 1 saturated carbocycles. The molecule has 3 rings (SSSR count). The van der Waals surface area contributed by atoms with Crippen LogP contribution in [-0.2, 0) is 6.42 Å². The average molecular weight is 301 g/mol. The summed E-state index contributed by atoms with van der Waals surface area (Å²) in [6.07, 6.45) is 5.97. The van der Waals surface area contributed by atoms with E-state index in [9.17, 15) is 0 Å². The Balaban J connectivity index is 1.52. The lowest BCUT2D eigenvalue weighted by Crippen LogP contribution is -2.14. The summed E-state index contributed by atoms with van der Waals surface area (Å²) in [5, 5.41) is 3.77. The van der Waals surface area contributed by atoms with E-state index in [0.717, 1.165) is 23.8 Å². The molecule has 2 N–H and O–H groups in total. The van der Waals surface area contributed by atoms with Crippen LogP contribution in [0.15, 0.2) is 28.8 Å². The molecule has 1 aromatic carbocycles. The number of ether oxygens (including phenoxy) is 1. The first-order valence-electron chi connectivity index (χ1n) is 7.98. The van der Waals surface area contributed by atoms with Crippen molar-refractivity contribution in [3.63, 3.8) is 0 Å². The highest BCUT2D eigenvalue weighted by Gasteiger charge is 2.16. The van der Waals surface area contributed by atoms with Gasteiger partial charge >= 0.3 is 0 Å². The predicted molar refractivity (Wildman–Crippen MR) is 83.6 cm³/mol. The van der Waals surface area contributed by atoms with Gasteiger partial charge in [0, 0.05) is 0 Å². The van der Waals surface area contributed by atoms with Gasteiger partial charge in [-0.05, 0) is 49.8 Å². The number of aryl methyl sites for hydroxylation is 1. The molecule has 0 bridgehead atoms. The summed E-state index contributed by atoms with van der Waals surface area (Å²) in [6.45, 7) is 2.62. The Morgan fingerprint density at radius 1 is 1.27 bits per heavy atom. The van der Waals surface area contributed by atoms with Crippen molar-refractivity contribution in [3.05, 3.63) is 41.5 Å². The Hall–Kier alpha value is -1.88. The molecule has 1 aliphatic rings. The van der Waals surface area contributed by atoms with Crippen LogP contribution in [0.25, 0.3) is 0 Å². The third-order valence-electron chi connectivity index (χ3n) is 4.20. The number of nitrogens with two attached hydrogens (primary N) is 1. The highest BCUT2D eigenvalue weighted by Crippen LogP contribution is 2.26. The van der Waals surface area contributed by atoms with Gasteiger partial charge in [0.1, 0.15) is 5.75 Å². The van der Waals surface area contributed by atoms with Gasteiger partial charge < -0.3 is 15.0 Å². The number of nitrogens with zero attached hydrogens (tertiary/aromatic N) is 2. The average Bonchev–Trinajstić information content (AvgIpc) is 3.18. The maximum atomic E-state index is 6.09. The molecule has 0 saturated heterocycles. The van der Waals surface area contributed by atoms with Crippen LogP contribution in [0.2, 0.25) is 0 Å². The number of hydrogen-bond donors (Lipinski definition) is 1. The lowest BCUT2D eigenvalue weighted by molar-refractivity contribution is 0.252. The van der Waals surface area contributed by atoms with Crippen LogP contribution in [-0.4, -0.2) is 16.7 Å². The summed E-state index contributed by atoms with van der Waals surface area (Å²) in [5.41, 5.74) is 7.23. The summed E-state index contributed by atoms with van der Waals surface area (Å²) in [5.74, 6) is 2.76. The van der Waals surface area contributed by atoms with Crippen molar-refractivity contribution in [2.24, 2.45) is 11.7 Å². The summed E-state index contributed by atoms with van der Waals surface area (Å²) in [6, 6.07) is 7.85. The lowest BCUT2D eigenvalue weighted by atomic mass is 10.1. The molecule has 1 atom stereocenters. The lowest BCUT2D eigenvalue weighted by Gasteiger charge is -2.12. The molecule has 22 heavy (non-hydrogen) atoms. The first kappa shape index (κ1) is 15.0. The van der Waals surface area contributed by atoms with E-state index < -0.39 is 0 Å². The second-order valence-electron chi connectivity index (χ2n) is 6.10. The number of hydrogen-bond acceptors (Lipinski definition) is 5. The van der Waals surface area contributed by atoms with Crippen LogP contribution >= 0.6 is 0 Å². The molecule has 5 nitrogen and oxygen atoms in total. The van der Waals surface area contributed by atoms with Crippen LogP contribution in [0, 0.1) is 12.8 Å². The van der Waals surface area contributed by atoms with Gasteiger partial charge in [-0.15, -0.1) is 0 Å². The monoisotopic (exact) mass is 301 g/mol.